The van der Waals surface area contributed by atoms with Gasteiger partial charge in [-0.15, -0.1) is 0 Å². The van der Waals surface area contributed by atoms with Gasteiger partial charge in [0.15, 0.2) is 5.78 Å². The first-order chi connectivity index (χ1) is 10.8. The second-order valence-corrected chi connectivity index (χ2v) is 7.92. The summed E-state index contributed by atoms with van der Waals surface area (Å²) in [6.07, 6.45) is 7.54. The number of hydrogen-bond donors (Lipinski definition) is 2. The number of aliphatic hydroxyl groups is 1. The summed E-state index contributed by atoms with van der Waals surface area (Å²) in [6, 6.07) is 2.08. The Balaban J connectivity index is 1.68. The standard InChI is InChI=1S/C18H25ClN2O2/c1-18(2,23)12-5-7-13(8-6-12)21-15-9-16(19)20-10-14(15)17(22)11-3-4-11/h9-13,23H,3-8H2,1-2H3,(H,20,21). The molecule has 23 heavy (non-hydrogen) atoms. The molecule has 0 atom stereocenters. The van der Waals surface area contributed by atoms with Gasteiger partial charge in [0.2, 0.25) is 0 Å². The van der Waals surface area contributed by atoms with Crippen molar-refractivity contribution < 1.29 is 9.90 Å². The van der Waals surface area contributed by atoms with E-state index in [1.54, 1.807) is 12.3 Å². The van der Waals surface area contributed by atoms with Gasteiger partial charge in [0.1, 0.15) is 5.15 Å². The molecule has 0 aromatic carbocycles. The van der Waals surface area contributed by atoms with Gasteiger partial charge in [0, 0.05) is 23.8 Å². The molecule has 2 aliphatic rings. The minimum atomic E-state index is -0.613. The summed E-state index contributed by atoms with van der Waals surface area (Å²) < 4.78 is 0. The van der Waals surface area contributed by atoms with E-state index in [1.165, 1.54) is 0 Å². The first-order valence-corrected chi connectivity index (χ1v) is 8.91. The Labute approximate surface area is 142 Å². The minimum absolute atomic E-state index is 0.171. The summed E-state index contributed by atoms with van der Waals surface area (Å²) in [5.74, 6) is 0.695. The number of aromatic nitrogens is 1. The molecule has 0 saturated heterocycles. The molecule has 2 N–H and O–H groups in total. The van der Waals surface area contributed by atoms with Crippen LogP contribution in [0.2, 0.25) is 5.15 Å². The molecule has 1 aromatic rings. The zero-order valence-electron chi connectivity index (χ0n) is 13.8. The van der Waals surface area contributed by atoms with Gasteiger partial charge in [0.05, 0.1) is 11.2 Å². The first kappa shape index (κ1) is 16.7. The van der Waals surface area contributed by atoms with Crippen molar-refractivity contribution >= 4 is 23.1 Å². The lowest BCUT2D eigenvalue weighted by atomic mass is 9.77. The number of ketones is 1. The van der Waals surface area contributed by atoms with E-state index >= 15 is 0 Å². The number of anilines is 1. The number of nitrogens with one attached hydrogen (secondary N) is 1. The average Bonchev–Trinajstić information content (AvgIpc) is 3.31. The van der Waals surface area contributed by atoms with Crippen LogP contribution in [0.25, 0.3) is 0 Å². The van der Waals surface area contributed by atoms with Crippen molar-refractivity contribution in [3.63, 3.8) is 0 Å². The summed E-state index contributed by atoms with van der Waals surface area (Å²) >= 11 is 6.02. The molecule has 0 aliphatic heterocycles. The van der Waals surface area contributed by atoms with Gasteiger partial charge in [-0.25, -0.2) is 4.98 Å². The summed E-state index contributed by atoms with van der Waals surface area (Å²) in [6.45, 7) is 3.78. The van der Waals surface area contributed by atoms with E-state index < -0.39 is 5.60 Å². The van der Waals surface area contributed by atoms with Crippen molar-refractivity contribution in [3.8, 4) is 0 Å². The van der Waals surface area contributed by atoms with Gasteiger partial charge in [-0.2, -0.15) is 0 Å². The Morgan fingerprint density at radius 3 is 2.48 bits per heavy atom. The Morgan fingerprint density at radius 2 is 1.91 bits per heavy atom. The SMILES string of the molecule is CC(C)(O)C1CCC(Nc2cc(Cl)ncc2C(=O)C2CC2)CC1. The highest BCUT2D eigenvalue weighted by atomic mass is 35.5. The van der Waals surface area contributed by atoms with Gasteiger partial charge in [-0.05, 0) is 64.4 Å². The van der Waals surface area contributed by atoms with Gasteiger partial charge < -0.3 is 10.4 Å². The molecule has 1 aromatic heterocycles. The predicted octanol–water partition coefficient (Wildman–Crippen LogP) is 4.07. The number of halogens is 1. The summed E-state index contributed by atoms with van der Waals surface area (Å²) in [5.41, 5.74) is 0.869. The number of nitrogens with zero attached hydrogens (tertiary/aromatic N) is 1. The number of rotatable bonds is 5. The fourth-order valence-electron chi connectivity index (χ4n) is 3.48. The molecule has 0 unspecified atom stereocenters. The lowest BCUT2D eigenvalue weighted by molar-refractivity contribution is -0.000391. The summed E-state index contributed by atoms with van der Waals surface area (Å²) in [5, 5.41) is 14.1. The van der Waals surface area contributed by atoms with Crippen molar-refractivity contribution in [1.82, 2.24) is 4.98 Å². The third-order valence-corrected chi connectivity index (χ3v) is 5.38. The molecular weight excluding hydrogens is 312 g/mol. The Morgan fingerprint density at radius 1 is 1.26 bits per heavy atom. The monoisotopic (exact) mass is 336 g/mol. The van der Waals surface area contributed by atoms with E-state index in [0.29, 0.717) is 22.7 Å². The van der Waals surface area contributed by atoms with Gasteiger partial charge in [-0.3, -0.25) is 4.79 Å². The van der Waals surface area contributed by atoms with Crippen LogP contribution in [-0.2, 0) is 0 Å². The van der Waals surface area contributed by atoms with Crippen molar-refractivity contribution in [2.24, 2.45) is 11.8 Å². The largest absolute Gasteiger partial charge is 0.390 e. The highest BCUT2D eigenvalue weighted by molar-refractivity contribution is 6.29. The zero-order valence-corrected chi connectivity index (χ0v) is 14.6. The highest BCUT2D eigenvalue weighted by Gasteiger charge is 2.34. The van der Waals surface area contributed by atoms with Gasteiger partial charge in [-0.1, -0.05) is 11.6 Å². The van der Waals surface area contributed by atoms with Crippen LogP contribution in [0.5, 0.6) is 0 Å². The van der Waals surface area contributed by atoms with Crippen molar-refractivity contribution in [2.75, 3.05) is 5.32 Å². The topological polar surface area (TPSA) is 62.2 Å². The van der Waals surface area contributed by atoms with Crippen molar-refractivity contribution in [2.45, 2.75) is 64.0 Å². The predicted molar refractivity (Wildman–Crippen MR) is 92.0 cm³/mol. The van der Waals surface area contributed by atoms with E-state index in [2.05, 4.69) is 10.3 Å². The Kier molecular flexibility index (Phi) is 4.65. The van der Waals surface area contributed by atoms with Gasteiger partial charge >= 0.3 is 0 Å². The third-order valence-electron chi connectivity index (χ3n) is 5.17. The van der Waals surface area contributed by atoms with Crippen LogP contribution in [0.4, 0.5) is 5.69 Å². The number of carbonyl (C=O) groups is 1. The number of pyridine rings is 1. The van der Waals surface area contributed by atoms with E-state index in [9.17, 15) is 9.90 Å². The van der Waals surface area contributed by atoms with Crippen LogP contribution in [-0.4, -0.2) is 27.5 Å². The molecule has 2 aliphatic carbocycles. The quantitative estimate of drug-likeness (QED) is 0.628. The summed E-state index contributed by atoms with van der Waals surface area (Å²) in [7, 11) is 0. The smallest absolute Gasteiger partial charge is 0.169 e. The fourth-order valence-corrected chi connectivity index (χ4v) is 3.63. The van der Waals surface area contributed by atoms with Crippen LogP contribution >= 0.6 is 11.6 Å². The molecule has 3 rings (SSSR count). The number of Topliss-reactive ketones (excluding diaryl/α,β-unsaturated/α-hetero) is 1. The van der Waals surface area contributed by atoms with Crippen LogP contribution in [0.3, 0.4) is 0 Å². The molecule has 5 heteroatoms. The molecule has 0 amide bonds. The maximum Gasteiger partial charge on any atom is 0.169 e. The lowest BCUT2D eigenvalue weighted by Gasteiger charge is -2.36. The molecule has 126 valence electrons. The second kappa shape index (κ2) is 6.40. The maximum absolute atomic E-state index is 12.4. The Bertz CT molecular complexity index is 585. The zero-order chi connectivity index (χ0) is 16.6. The first-order valence-electron chi connectivity index (χ1n) is 8.53. The molecule has 0 radical (unpaired) electrons. The number of carbonyl (C=O) groups excluding carboxylic acids is 1. The number of hydrogen-bond acceptors (Lipinski definition) is 4. The molecule has 0 spiro atoms. The second-order valence-electron chi connectivity index (χ2n) is 7.54. The van der Waals surface area contributed by atoms with E-state index in [1.807, 2.05) is 13.8 Å². The molecule has 1 heterocycles. The fraction of sp³-hybridized carbons (Fsp3) is 0.667. The molecule has 2 saturated carbocycles. The lowest BCUT2D eigenvalue weighted by Crippen LogP contribution is -2.37. The molecular formula is C18H25ClN2O2. The Hall–Kier alpha value is -1.13. The van der Waals surface area contributed by atoms with Crippen LogP contribution in [0.1, 0.15) is 62.7 Å². The normalized spacial score (nSPS) is 25.2. The van der Waals surface area contributed by atoms with Crippen LogP contribution in [0, 0.1) is 11.8 Å². The average molecular weight is 337 g/mol. The van der Waals surface area contributed by atoms with Crippen molar-refractivity contribution in [3.05, 3.63) is 23.0 Å². The van der Waals surface area contributed by atoms with Crippen molar-refractivity contribution in [1.29, 1.82) is 0 Å². The van der Waals surface area contributed by atoms with E-state index in [-0.39, 0.29) is 11.7 Å². The van der Waals surface area contributed by atoms with E-state index in [0.717, 1.165) is 44.2 Å². The molecule has 4 nitrogen and oxygen atoms in total. The third kappa shape index (κ3) is 4.04. The minimum Gasteiger partial charge on any atom is -0.390 e. The molecule has 0 bridgehead atoms. The highest BCUT2D eigenvalue weighted by Crippen LogP contribution is 2.37. The van der Waals surface area contributed by atoms with Gasteiger partial charge in [0.25, 0.3) is 0 Å². The maximum atomic E-state index is 12.4. The van der Waals surface area contributed by atoms with Crippen LogP contribution in [0.15, 0.2) is 12.3 Å². The van der Waals surface area contributed by atoms with E-state index in [4.69, 9.17) is 11.6 Å². The molecule has 2 fully saturated rings. The van der Waals surface area contributed by atoms with Crippen LogP contribution < -0.4 is 5.32 Å². The summed E-state index contributed by atoms with van der Waals surface area (Å²) in [4.78, 5) is 16.5.